The Hall–Kier alpha value is -4.87. The first-order chi connectivity index (χ1) is 18.6. The number of rotatable bonds is 9. The molecule has 1 saturated heterocycles. The highest BCUT2D eigenvalue weighted by molar-refractivity contribution is 5.99. The second-order valence-corrected chi connectivity index (χ2v) is 8.52. The maximum atomic E-state index is 13.7. The van der Waals surface area contributed by atoms with Crippen LogP contribution in [0.3, 0.4) is 0 Å². The summed E-state index contributed by atoms with van der Waals surface area (Å²) in [5, 5.41) is 8.11. The second kappa shape index (κ2) is 11.7. The van der Waals surface area contributed by atoms with E-state index in [9.17, 15) is 22.8 Å². The van der Waals surface area contributed by atoms with Crippen LogP contribution in [0.2, 0.25) is 0 Å². The molecule has 1 atom stereocenters. The van der Waals surface area contributed by atoms with Gasteiger partial charge in [0.2, 0.25) is 17.8 Å². The van der Waals surface area contributed by atoms with Crippen molar-refractivity contribution in [2.75, 3.05) is 29.0 Å². The number of amides is 2. The fraction of sp³-hybridized carbons (Fsp3) is 0.185. The summed E-state index contributed by atoms with van der Waals surface area (Å²) in [6.07, 6.45) is -1.23. The van der Waals surface area contributed by atoms with E-state index >= 15 is 0 Å². The van der Waals surface area contributed by atoms with Gasteiger partial charge in [-0.15, -0.1) is 0 Å². The Balaban J connectivity index is 1.51. The van der Waals surface area contributed by atoms with Crippen molar-refractivity contribution in [2.24, 2.45) is 0 Å². The highest BCUT2D eigenvalue weighted by Gasteiger charge is 2.35. The Labute approximate surface area is 222 Å². The topological polar surface area (TPSA) is 108 Å². The number of alkyl halides is 3. The van der Waals surface area contributed by atoms with Gasteiger partial charge < -0.3 is 25.6 Å². The molecule has 202 valence electrons. The minimum atomic E-state index is -4.72. The van der Waals surface area contributed by atoms with Crippen LogP contribution in [-0.4, -0.2) is 45.9 Å². The van der Waals surface area contributed by atoms with Gasteiger partial charge in [-0.3, -0.25) is 9.59 Å². The molecule has 4 rings (SSSR count). The number of aromatic nitrogens is 2. The summed E-state index contributed by atoms with van der Waals surface area (Å²) < 4.78 is 47.1. The number of ether oxygens (including phenoxy) is 1. The van der Waals surface area contributed by atoms with Gasteiger partial charge >= 0.3 is 6.18 Å². The van der Waals surface area contributed by atoms with Gasteiger partial charge in [-0.05, 0) is 42.5 Å². The highest BCUT2D eigenvalue weighted by Crippen LogP contribution is 2.36. The molecule has 2 heterocycles. The molecule has 1 fully saturated rings. The molecule has 1 aliphatic rings. The third-order valence-corrected chi connectivity index (χ3v) is 5.70. The Kier molecular flexibility index (Phi) is 8.13. The molecular formula is C27H25F3N6O3. The molecule has 1 aliphatic heterocycles. The number of carbonyl (C=O) groups excluding carboxylic acids is 2. The van der Waals surface area contributed by atoms with Gasteiger partial charge in [0.15, 0.2) is 0 Å². The minimum absolute atomic E-state index is 0.0811. The Morgan fingerprint density at radius 2 is 1.74 bits per heavy atom. The van der Waals surface area contributed by atoms with E-state index < -0.39 is 23.5 Å². The summed E-state index contributed by atoms with van der Waals surface area (Å²) in [6.45, 7) is 7.86. The molecule has 9 nitrogen and oxygen atoms in total. The van der Waals surface area contributed by atoms with Gasteiger partial charge in [-0.1, -0.05) is 25.3 Å². The number of benzene rings is 2. The summed E-state index contributed by atoms with van der Waals surface area (Å²) in [5.74, 6) is -0.659. The zero-order valence-corrected chi connectivity index (χ0v) is 20.7. The predicted molar refractivity (Wildman–Crippen MR) is 141 cm³/mol. The molecule has 1 aromatic heterocycles. The normalized spacial score (nSPS) is 14.8. The number of hydrogen-bond acceptors (Lipinski definition) is 7. The van der Waals surface area contributed by atoms with Crippen LogP contribution in [0.1, 0.15) is 12.0 Å². The van der Waals surface area contributed by atoms with Gasteiger partial charge in [0.05, 0.1) is 6.54 Å². The zero-order chi connectivity index (χ0) is 28.0. The Morgan fingerprint density at radius 1 is 1.03 bits per heavy atom. The van der Waals surface area contributed by atoms with Gasteiger partial charge in [-0.2, -0.15) is 18.2 Å². The fourth-order valence-corrected chi connectivity index (χ4v) is 3.87. The number of likely N-dealkylation sites (tertiary alicyclic amines) is 1. The smallest absolute Gasteiger partial charge is 0.421 e. The minimum Gasteiger partial charge on any atom is -0.488 e. The van der Waals surface area contributed by atoms with Crippen LogP contribution in [0.4, 0.5) is 42.0 Å². The summed E-state index contributed by atoms with van der Waals surface area (Å²) in [5.41, 5.74) is 0.0553. The standard InChI is InChI=1S/C27H25F3N6O3/c1-3-23(37)32-17-7-5-8-18(13-17)33-25-22(27(28,29)30)15-31-26(35-25)34-19-9-6-10-20(14-19)39-21-11-12-36(16-21)24(38)4-2/h3-10,13-15,21H,1-2,11-12,16H2,(H,32,37)(H2,31,33,34,35)/t21-/m0/s1. The van der Waals surface area contributed by atoms with Crippen molar-refractivity contribution in [1.29, 1.82) is 0 Å². The van der Waals surface area contributed by atoms with Crippen molar-refractivity contribution >= 4 is 40.6 Å². The second-order valence-electron chi connectivity index (χ2n) is 8.52. The maximum Gasteiger partial charge on any atom is 0.421 e. The molecular weight excluding hydrogens is 513 g/mol. The number of carbonyl (C=O) groups is 2. The molecule has 3 aromatic rings. The van der Waals surface area contributed by atoms with Crippen molar-refractivity contribution in [3.63, 3.8) is 0 Å². The lowest BCUT2D eigenvalue weighted by molar-refractivity contribution is -0.137. The molecule has 0 radical (unpaired) electrons. The van der Waals surface area contributed by atoms with Crippen molar-refractivity contribution in [1.82, 2.24) is 14.9 Å². The van der Waals surface area contributed by atoms with Crippen molar-refractivity contribution in [3.05, 3.63) is 85.6 Å². The van der Waals surface area contributed by atoms with Gasteiger partial charge in [-0.25, -0.2) is 4.98 Å². The van der Waals surface area contributed by atoms with E-state index in [1.807, 2.05) is 0 Å². The molecule has 2 amide bonds. The largest absolute Gasteiger partial charge is 0.488 e. The van der Waals surface area contributed by atoms with E-state index in [0.717, 1.165) is 6.08 Å². The number of halogens is 3. The SMILES string of the molecule is C=CC(=O)Nc1cccc(Nc2nc(Nc3cccc(O[C@H]4CCN(C(=O)C=C)C4)c3)ncc2C(F)(F)F)c1. The molecule has 0 aliphatic carbocycles. The first-order valence-corrected chi connectivity index (χ1v) is 11.8. The lowest BCUT2D eigenvalue weighted by atomic mass is 10.2. The van der Waals surface area contributed by atoms with E-state index in [2.05, 4.69) is 39.1 Å². The number of nitrogens with zero attached hydrogens (tertiary/aromatic N) is 3. The van der Waals surface area contributed by atoms with Crippen LogP contribution in [0.25, 0.3) is 0 Å². The summed E-state index contributed by atoms with van der Waals surface area (Å²) in [4.78, 5) is 32.9. The fourth-order valence-electron chi connectivity index (χ4n) is 3.87. The average molecular weight is 539 g/mol. The molecule has 0 unspecified atom stereocenters. The highest BCUT2D eigenvalue weighted by atomic mass is 19.4. The first kappa shape index (κ1) is 27.2. The molecule has 0 saturated carbocycles. The maximum absolute atomic E-state index is 13.7. The first-order valence-electron chi connectivity index (χ1n) is 11.8. The Bertz CT molecular complexity index is 1400. The van der Waals surface area contributed by atoms with Crippen LogP contribution in [-0.2, 0) is 15.8 Å². The molecule has 0 spiro atoms. The van der Waals surface area contributed by atoms with Crippen molar-refractivity contribution < 1.29 is 27.5 Å². The molecule has 39 heavy (non-hydrogen) atoms. The monoisotopic (exact) mass is 538 g/mol. The molecule has 3 N–H and O–H groups in total. The zero-order valence-electron chi connectivity index (χ0n) is 20.7. The number of hydrogen-bond donors (Lipinski definition) is 3. The van der Waals surface area contributed by atoms with Crippen LogP contribution >= 0.6 is 0 Å². The molecule has 12 heteroatoms. The van der Waals surface area contributed by atoms with Crippen LogP contribution in [0.5, 0.6) is 5.75 Å². The van der Waals surface area contributed by atoms with Crippen molar-refractivity contribution in [3.8, 4) is 5.75 Å². The van der Waals surface area contributed by atoms with Gasteiger partial charge in [0.1, 0.15) is 23.2 Å². The van der Waals surface area contributed by atoms with Gasteiger partial charge in [0.25, 0.3) is 0 Å². The Morgan fingerprint density at radius 3 is 2.46 bits per heavy atom. The average Bonchev–Trinajstić information content (AvgIpc) is 3.36. The van der Waals surface area contributed by atoms with Crippen LogP contribution in [0.15, 0.2) is 80.0 Å². The summed E-state index contributed by atoms with van der Waals surface area (Å²) in [7, 11) is 0. The predicted octanol–water partition coefficient (Wildman–Crippen LogP) is 5.27. The summed E-state index contributed by atoms with van der Waals surface area (Å²) >= 11 is 0. The summed E-state index contributed by atoms with van der Waals surface area (Å²) in [6, 6.07) is 13.0. The van der Waals surface area contributed by atoms with Crippen molar-refractivity contribution in [2.45, 2.75) is 18.7 Å². The number of anilines is 5. The quantitative estimate of drug-likeness (QED) is 0.319. The molecule has 2 aromatic carbocycles. The molecule has 0 bridgehead atoms. The van der Waals surface area contributed by atoms with E-state index in [1.165, 1.54) is 18.2 Å². The van der Waals surface area contributed by atoms with E-state index in [4.69, 9.17) is 4.74 Å². The van der Waals surface area contributed by atoms with Crippen LogP contribution in [0, 0.1) is 0 Å². The van der Waals surface area contributed by atoms with Gasteiger partial charge in [0, 0.05) is 42.3 Å². The van der Waals surface area contributed by atoms with E-state index in [1.54, 1.807) is 41.3 Å². The third-order valence-electron chi connectivity index (χ3n) is 5.70. The lowest BCUT2D eigenvalue weighted by Gasteiger charge is -2.17. The van der Waals surface area contributed by atoms with E-state index in [0.29, 0.717) is 42.8 Å². The van der Waals surface area contributed by atoms with E-state index in [-0.39, 0.29) is 23.6 Å². The number of nitrogens with one attached hydrogen (secondary N) is 3. The van der Waals surface area contributed by atoms with Crippen LogP contribution < -0.4 is 20.7 Å². The third kappa shape index (κ3) is 7.12. The lowest BCUT2D eigenvalue weighted by Crippen LogP contribution is -2.29.